The van der Waals surface area contributed by atoms with Crippen LogP contribution in [0.4, 0.5) is 45.3 Å². The van der Waals surface area contributed by atoms with Crippen molar-refractivity contribution in [2.24, 2.45) is 5.92 Å². The van der Waals surface area contributed by atoms with Crippen molar-refractivity contribution in [2.45, 2.75) is 64.0 Å². The fourth-order valence-corrected chi connectivity index (χ4v) is 4.13. The minimum atomic E-state index is -5.08. The number of carbonyl (C=O) groups is 4. The second kappa shape index (κ2) is 17.7. The highest BCUT2D eigenvalue weighted by Crippen LogP contribution is 2.32. The maximum Gasteiger partial charge on any atom is 0.573 e. The number of nitrogen functional groups attached to an aromatic ring is 1. The molecule has 22 heteroatoms. The highest BCUT2D eigenvalue weighted by atomic mass is 35.5. The molecule has 49 heavy (non-hydrogen) atoms. The Bertz CT molecular complexity index is 1450. The van der Waals surface area contributed by atoms with Gasteiger partial charge in [-0.05, 0) is 68.5 Å². The molecule has 1 saturated heterocycles. The van der Waals surface area contributed by atoms with Crippen LogP contribution in [-0.4, -0.2) is 76.3 Å². The Hall–Kier alpha value is -4.53. The predicted molar refractivity (Wildman–Crippen MR) is 152 cm³/mol. The molecular weight excluding hydrogens is 713 g/mol. The predicted octanol–water partition coefficient (Wildman–Crippen LogP) is 4.13. The first kappa shape index (κ1) is 42.5. The van der Waals surface area contributed by atoms with Gasteiger partial charge in [-0.25, -0.2) is 14.6 Å². The van der Waals surface area contributed by atoms with Crippen molar-refractivity contribution in [1.29, 1.82) is 0 Å². The Balaban J connectivity index is 0.000000717. The van der Waals surface area contributed by atoms with Gasteiger partial charge < -0.3 is 36.6 Å². The van der Waals surface area contributed by atoms with E-state index in [1.165, 1.54) is 18.2 Å². The quantitative estimate of drug-likeness (QED) is 0.214. The third-order valence-corrected chi connectivity index (χ3v) is 6.49. The minimum Gasteiger partial charge on any atom is -0.475 e. The number of aryl methyl sites for hydroxylation is 1. The van der Waals surface area contributed by atoms with Crippen molar-refractivity contribution < 1.29 is 73.6 Å². The lowest BCUT2D eigenvalue weighted by atomic mass is 9.96. The van der Waals surface area contributed by atoms with E-state index in [4.69, 9.17) is 37.1 Å². The molecule has 12 nitrogen and oxygen atoms in total. The molecule has 3 rings (SSSR count). The molecule has 1 aromatic heterocycles. The third-order valence-electron chi connectivity index (χ3n) is 6.19. The van der Waals surface area contributed by atoms with E-state index in [1.54, 1.807) is 26.0 Å². The van der Waals surface area contributed by atoms with Crippen molar-refractivity contribution in [3.05, 3.63) is 52.2 Å². The van der Waals surface area contributed by atoms with Crippen LogP contribution in [0.3, 0.4) is 0 Å². The molecule has 2 amide bonds. The lowest BCUT2D eigenvalue weighted by Crippen LogP contribution is -2.50. The number of aromatic nitrogens is 1. The highest BCUT2D eigenvalue weighted by Gasteiger charge is 2.39. The molecule has 0 radical (unpaired) electrons. The van der Waals surface area contributed by atoms with Crippen LogP contribution in [0.1, 0.15) is 30.2 Å². The minimum absolute atomic E-state index is 0.0707. The standard InChI is InChI=1S/C23H27ClF3N5O3.2C2HF3O2/c1-12-16(4-6-20(28)31-12)11-30-21(33)13(2)32-22(34)18-9-15(10-29-18)7-14-3-5-19(17(24)8-14)35-23(25,26)27;2*3-2(4,5)1(6)7/h3-6,8,13,15,18,29H,7,9-11H2,1-2H3,(H2,28,31)(H,30,33)(H,32,34);2*(H,6,7)/t13-,15-,18+;;/m0../s1. The summed E-state index contributed by atoms with van der Waals surface area (Å²) in [5.74, 6) is -6.13. The van der Waals surface area contributed by atoms with Crippen molar-refractivity contribution >= 4 is 41.2 Å². The van der Waals surface area contributed by atoms with Gasteiger partial charge in [-0.2, -0.15) is 26.3 Å². The first-order valence-corrected chi connectivity index (χ1v) is 13.9. The van der Waals surface area contributed by atoms with Crippen molar-refractivity contribution in [1.82, 2.24) is 20.9 Å². The number of halogens is 10. The van der Waals surface area contributed by atoms with Crippen LogP contribution in [0.25, 0.3) is 0 Å². The zero-order chi connectivity index (χ0) is 37.9. The summed E-state index contributed by atoms with van der Waals surface area (Å²) >= 11 is 5.92. The monoisotopic (exact) mass is 741 g/mol. The smallest absolute Gasteiger partial charge is 0.475 e. The van der Waals surface area contributed by atoms with E-state index >= 15 is 0 Å². The van der Waals surface area contributed by atoms with Crippen LogP contribution in [0, 0.1) is 12.8 Å². The summed E-state index contributed by atoms with van der Waals surface area (Å²) < 4.78 is 105. The number of rotatable bonds is 8. The number of hydrogen-bond acceptors (Lipinski definition) is 8. The van der Waals surface area contributed by atoms with E-state index < -0.39 is 48.5 Å². The summed E-state index contributed by atoms with van der Waals surface area (Å²) in [6.45, 7) is 4.20. The SMILES string of the molecule is Cc1nc(N)ccc1CNC(=O)[C@H](C)NC(=O)[C@H]1C[C@H](Cc2ccc(OC(F)(F)F)c(Cl)c2)CN1.O=C(O)C(F)(F)F.O=C(O)C(F)(F)F. The molecule has 1 aliphatic heterocycles. The van der Waals surface area contributed by atoms with Crippen molar-refractivity contribution in [3.63, 3.8) is 0 Å². The molecular formula is C27H29ClF9N5O7. The summed E-state index contributed by atoms with van der Waals surface area (Å²) in [5, 5.41) is 22.7. The number of benzene rings is 1. The summed E-state index contributed by atoms with van der Waals surface area (Å²) in [5.41, 5.74) is 7.90. The number of anilines is 1. The molecule has 2 heterocycles. The van der Waals surface area contributed by atoms with Crippen LogP contribution >= 0.6 is 11.6 Å². The average molecular weight is 742 g/mol. The zero-order valence-electron chi connectivity index (χ0n) is 25.2. The molecule has 1 aromatic carbocycles. The van der Waals surface area contributed by atoms with Crippen LogP contribution < -0.4 is 26.4 Å². The van der Waals surface area contributed by atoms with Gasteiger partial charge in [-0.15, -0.1) is 13.2 Å². The van der Waals surface area contributed by atoms with Gasteiger partial charge in [0.15, 0.2) is 0 Å². The van der Waals surface area contributed by atoms with Gasteiger partial charge in [0.2, 0.25) is 11.8 Å². The van der Waals surface area contributed by atoms with Crippen LogP contribution in [0.5, 0.6) is 5.75 Å². The van der Waals surface area contributed by atoms with Gasteiger partial charge in [0.1, 0.15) is 17.6 Å². The number of hydrogen-bond donors (Lipinski definition) is 6. The Morgan fingerprint density at radius 2 is 1.57 bits per heavy atom. The number of nitrogens with one attached hydrogen (secondary N) is 3. The van der Waals surface area contributed by atoms with Gasteiger partial charge in [-0.3, -0.25) is 9.59 Å². The maximum atomic E-state index is 12.6. The van der Waals surface area contributed by atoms with Gasteiger partial charge in [-0.1, -0.05) is 23.7 Å². The number of nitrogens with two attached hydrogens (primary N) is 1. The van der Waals surface area contributed by atoms with E-state index in [2.05, 4.69) is 25.7 Å². The van der Waals surface area contributed by atoms with Gasteiger partial charge in [0, 0.05) is 12.2 Å². The molecule has 274 valence electrons. The molecule has 1 aliphatic rings. The Morgan fingerprint density at radius 3 is 2.04 bits per heavy atom. The number of carbonyl (C=O) groups excluding carboxylic acids is 2. The average Bonchev–Trinajstić information content (AvgIpc) is 3.41. The second-order valence-electron chi connectivity index (χ2n) is 10.1. The molecule has 0 saturated carbocycles. The van der Waals surface area contributed by atoms with Gasteiger partial charge in [0.25, 0.3) is 0 Å². The number of pyridine rings is 1. The van der Waals surface area contributed by atoms with Crippen LogP contribution in [0.15, 0.2) is 30.3 Å². The van der Waals surface area contributed by atoms with E-state index in [0.29, 0.717) is 30.9 Å². The van der Waals surface area contributed by atoms with E-state index in [1.807, 2.05) is 0 Å². The fourth-order valence-electron chi connectivity index (χ4n) is 3.89. The first-order chi connectivity index (χ1) is 22.3. The normalized spacial score (nSPS) is 16.6. The molecule has 0 unspecified atom stereocenters. The molecule has 0 spiro atoms. The highest BCUT2D eigenvalue weighted by molar-refractivity contribution is 6.32. The van der Waals surface area contributed by atoms with Crippen molar-refractivity contribution in [3.8, 4) is 5.75 Å². The third kappa shape index (κ3) is 15.9. The second-order valence-corrected chi connectivity index (χ2v) is 10.5. The topological polar surface area (TPSA) is 193 Å². The summed E-state index contributed by atoms with van der Waals surface area (Å²) in [6.07, 6.45) is -14.0. The van der Waals surface area contributed by atoms with E-state index in [0.717, 1.165) is 11.1 Å². The molecule has 7 N–H and O–H groups in total. The fraction of sp³-hybridized carbons (Fsp3) is 0.444. The van der Waals surface area contributed by atoms with Gasteiger partial charge in [0.05, 0.1) is 11.1 Å². The lowest BCUT2D eigenvalue weighted by molar-refractivity contribution is -0.274. The zero-order valence-corrected chi connectivity index (χ0v) is 25.9. The largest absolute Gasteiger partial charge is 0.573 e. The number of amides is 2. The Kier molecular flexibility index (Phi) is 15.4. The number of carboxylic acid groups (broad SMARTS) is 2. The summed E-state index contributed by atoms with van der Waals surface area (Å²) in [6, 6.07) is 6.34. The number of ether oxygens (including phenoxy) is 1. The summed E-state index contributed by atoms with van der Waals surface area (Å²) in [4.78, 5) is 47.0. The number of carboxylic acids is 2. The van der Waals surface area contributed by atoms with E-state index in [9.17, 15) is 49.1 Å². The molecule has 2 aromatic rings. The number of aliphatic carboxylic acids is 2. The lowest BCUT2D eigenvalue weighted by Gasteiger charge is -2.17. The first-order valence-electron chi connectivity index (χ1n) is 13.5. The van der Waals surface area contributed by atoms with Crippen LogP contribution in [0.2, 0.25) is 5.02 Å². The maximum absolute atomic E-state index is 12.6. The summed E-state index contributed by atoms with van der Waals surface area (Å²) in [7, 11) is 0. The van der Waals surface area contributed by atoms with Crippen LogP contribution in [-0.2, 0) is 32.1 Å². The molecule has 3 atom stereocenters. The van der Waals surface area contributed by atoms with Crippen molar-refractivity contribution in [2.75, 3.05) is 12.3 Å². The number of alkyl halides is 9. The molecule has 0 bridgehead atoms. The Morgan fingerprint density at radius 1 is 1.02 bits per heavy atom. The van der Waals surface area contributed by atoms with E-state index in [-0.39, 0.29) is 29.3 Å². The molecule has 0 aliphatic carbocycles. The number of nitrogens with zero attached hydrogens (tertiary/aromatic N) is 1. The Labute approximate surface area is 276 Å². The van der Waals surface area contributed by atoms with Gasteiger partial charge >= 0.3 is 30.7 Å². The molecule has 1 fully saturated rings.